The van der Waals surface area contributed by atoms with Crippen LogP contribution in [-0.2, 0) is 14.8 Å². The number of halogens is 1. The van der Waals surface area contributed by atoms with Gasteiger partial charge in [0.15, 0.2) is 0 Å². The smallest absolute Gasteiger partial charge is 0.246 e. The number of methoxy groups -OCH3 is 1. The van der Waals surface area contributed by atoms with Gasteiger partial charge < -0.3 is 14.5 Å². The van der Waals surface area contributed by atoms with Crippen LogP contribution >= 0.6 is 11.6 Å². The third-order valence-electron chi connectivity index (χ3n) is 7.05. The number of amides is 1. The first kappa shape index (κ1) is 24.8. The summed E-state index contributed by atoms with van der Waals surface area (Å²) in [5.74, 6) is 0.252. The maximum Gasteiger partial charge on any atom is 0.246 e. The summed E-state index contributed by atoms with van der Waals surface area (Å²) in [7, 11) is -2.32. The Balaban J connectivity index is 1.35. The Hall–Kier alpha value is -2.29. The zero-order valence-electron chi connectivity index (χ0n) is 20.0. The highest BCUT2D eigenvalue weighted by atomic mass is 35.5. The topological polar surface area (TPSA) is 70.2 Å². The van der Waals surface area contributed by atoms with Gasteiger partial charge in [-0.1, -0.05) is 23.7 Å². The lowest BCUT2D eigenvalue weighted by Crippen LogP contribution is -2.52. The number of hydrogen-bond donors (Lipinski definition) is 0. The SMILES string of the molecule is COc1ccc(Cl)cc1S(=O)(=O)N1CCC(C(=O)N2CCN(c3cccc(C)c3C)CC2)CC1. The van der Waals surface area contributed by atoms with Gasteiger partial charge in [0, 0.05) is 55.9 Å². The van der Waals surface area contributed by atoms with Gasteiger partial charge in [-0.05, 0) is 62.1 Å². The molecule has 0 atom stereocenters. The van der Waals surface area contributed by atoms with Gasteiger partial charge in [-0.15, -0.1) is 0 Å². The molecule has 2 aromatic carbocycles. The summed E-state index contributed by atoms with van der Waals surface area (Å²) in [4.78, 5) is 17.5. The monoisotopic (exact) mass is 505 g/mol. The standard InChI is InChI=1S/C25H32ClN3O4S/c1-18-5-4-6-22(19(18)2)27-13-15-28(16-14-27)25(30)20-9-11-29(12-10-20)34(31,32)24-17-21(26)7-8-23(24)33-3/h4-8,17,20H,9-16H2,1-3H3. The molecule has 2 aliphatic heterocycles. The predicted molar refractivity (Wildman–Crippen MR) is 134 cm³/mol. The van der Waals surface area contributed by atoms with Crippen LogP contribution in [-0.4, -0.2) is 69.9 Å². The Kier molecular flexibility index (Phi) is 7.40. The molecule has 0 aromatic heterocycles. The summed E-state index contributed by atoms with van der Waals surface area (Å²) in [6.45, 7) is 7.84. The van der Waals surface area contributed by atoms with Crippen LogP contribution < -0.4 is 9.64 Å². The predicted octanol–water partition coefficient (Wildman–Crippen LogP) is 3.71. The lowest BCUT2D eigenvalue weighted by molar-refractivity contribution is -0.137. The number of aryl methyl sites for hydroxylation is 1. The van der Waals surface area contributed by atoms with Crippen molar-refractivity contribution in [2.24, 2.45) is 5.92 Å². The molecule has 0 unspecified atom stereocenters. The van der Waals surface area contributed by atoms with E-state index in [1.54, 1.807) is 12.1 Å². The molecule has 2 aromatic rings. The van der Waals surface area contributed by atoms with Crippen molar-refractivity contribution in [2.45, 2.75) is 31.6 Å². The van der Waals surface area contributed by atoms with Gasteiger partial charge >= 0.3 is 0 Å². The second kappa shape index (κ2) is 10.1. The van der Waals surface area contributed by atoms with Crippen molar-refractivity contribution in [1.29, 1.82) is 0 Å². The molecule has 34 heavy (non-hydrogen) atoms. The summed E-state index contributed by atoms with van der Waals surface area (Å²) in [5.41, 5.74) is 3.79. The third kappa shape index (κ3) is 4.90. The minimum absolute atomic E-state index is 0.0647. The maximum atomic E-state index is 13.2. The molecule has 0 bridgehead atoms. The van der Waals surface area contributed by atoms with E-state index in [0.717, 1.165) is 13.1 Å². The summed E-state index contributed by atoms with van der Waals surface area (Å²) in [5, 5.41) is 0.337. The number of ether oxygens (including phenoxy) is 1. The van der Waals surface area contributed by atoms with Crippen molar-refractivity contribution in [1.82, 2.24) is 9.21 Å². The van der Waals surface area contributed by atoms with Crippen LogP contribution in [0.2, 0.25) is 5.02 Å². The maximum absolute atomic E-state index is 13.2. The van der Waals surface area contributed by atoms with E-state index in [9.17, 15) is 13.2 Å². The van der Waals surface area contributed by atoms with E-state index in [1.165, 1.54) is 34.3 Å². The average Bonchev–Trinajstić information content (AvgIpc) is 2.85. The largest absolute Gasteiger partial charge is 0.495 e. The first-order valence-electron chi connectivity index (χ1n) is 11.7. The number of hydrogen-bond acceptors (Lipinski definition) is 5. The van der Waals surface area contributed by atoms with Crippen molar-refractivity contribution in [2.75, 3.05) is 51.3 Å². The minimum Gasteiger partial charge on any atom is -0.495 e. The highest BCUT2D eigenvalue weighted by Gasteiger charge is 2.36. The molecule has 2 saturated heterocycles. The van der Waals surface area contributed by atoms with Gasteiger partial charge in [-0.25, -0.2) is 8.42 Å². The second-order valence-corrected chi connectivity index (χ2v) is 11.3. The average molecular weight is 506 g/mol. The minimum atomic E-state index is -3.75. The summed E-state index contributed by atoms with van der Waals surface area (Å²) in [6, 6.07) is 10.9. The molecule has 0 N–H and O–H groups in total. The van der Waals surface area contributed by atoms with Crippen molar-refractivity contribution < 1.29 is 17.9 Å². The number of nitrogens with zero attached hydrogens (tertiary/aromatic N) is 3. The Bertz CT molecular complexity index is 1150. The molecule has 0 spiro atoms. The van der Waals surface area contributed by atoms with E-state index in [-0.39, 0.29) is 22.5 Å². The number of piperidine rings is 1. The van der Waals surface area contributed by atoms with E-state index in [1.807, 2.05) is 4.90 Å². The Morgan fingerprint density at radius 1 is 1.00 bits per heavy atom. The highest BCUT2D eigenvalue weighted by Crippen LogP contribution is 2.32. The van der Waals surface area contributed by atoms with Gasteiger partial charge in [0.2, 0.25) is 15.9 Å². The Labute approximate surface area is 207 Å². The molecule has 2 aliphatic rings. The Morgan fingerprint density at radius 2 is 1.68 bits per heavy atom. The Morgan fingerprint density at radius 3 is 2.32 bits per heavy atom. The zero-order chi connectivity index (χ0) is 24.5. The molecule has 9 heteroatoms. The molecule has 2 fully saturated rings. The third-order valence-corrected chi connectivity index (χ3v) is 9.21. The first-order valence-corrected chi connectivity index (χ1v) is 13.5. The van der Waals surface area contributed by atoms with Crippen LogP contribution in [0.5, 0.6) is 5.75 Å². The van der Waals surface area contributed by atoms with E-state index in [0.29, 0.717) is 44.0 Å². The van der Waals surface area contributed by atoms with Crippen molar-refractivity contribution in [3.05, 3.63) is 52.5 Å². The van der Waals surface area contributed by atoms with Crippen molar-refractivity contribution in [3.8, 4) is 5.75 Å². The number of piperazine rings is 1. The number of anilines is 1. The number of benzene rings is 2. The van der Waals surface area contributed by atoms with E-state index in [2.05, 4.69) is 36.9 Å². The molecule has 184 valence electrons. The van der Waals surface area contributed by atoms with E-state index in [4.69, 9.17) is 16.3 Å². The van der Waals surface area contributed by atoms with Crippen LogP contribution in [0.1, 0.15) is 24.0 Å². The molecule has 4 rings (SSSR count). The van der Waals surface area contributed by atoms with Gasteiger partial charge in [0.05, 0.1) is 7.11 Å². The summed E-state index contributed by atoms with van der Waals surface area (Å²) in [6.07, 6.45) is 1.02. The number of sulfonamides is 1. The highest BCUT2D eigenvalue weighted by molar-refractivity contribution is 7.89. The van der Waals surface area contributed by atoms with Crippen LogP contribution in [0.3, 0.4) is 0 Å². The number of rotatable bonds is 5. The van der Waals surface area contributed by atoms with Crippen molar-refractivity contribution in [3.63, 3.8) is 0 Å². The van der Waals surface area contributed by atoms with Crippen LogP contribution in [0.25, 0.3) is 0 Å². The second-order valence-electron chi connectivity index (χ2n) is 9.00. The van der Waals surface area contributed by atoms with Crippen LogP contribution in [0, 0.1) is 19.8 Å². The van der Waals surface area contributed by atoms with E-state index < -0.39 is 10.0 Å². The summed E-state index contributed by atoms with van der Waals surface area (Å²) < 4.78 is 33.1. The molecule has 1 amide bonds. The molecule has 0 radical (unpaired) electrons. The number of carbonyl (C=O) groups excluding carboxylic acids is 1. The molecule has 2 heterocycles. The lowest BCUT2D eigenvalue weighted by Gasteiger charge is -2.39. The molecular weight excluding hydrogens is 474 g/mol. The van der Waals surface area contributed by atoms with Gasteiger partial charge in [-0.2, -0.15) is 4.31 Å². The zero-order valence-corrected chi connectivity index (χ0v) is 21.5. The van der Waals surface area contributed by atoms with Gasteiger partial charge in [0.1, 0.15) is 10.6 Å². The quantitative estimate of drug-likeness (QED) is 0.619. The van der Waals surface area contributed by atoms with E-state index >= 15 is 0 Å². The molecular formula is C25H32ClN3O4S. The fraction of sp³-hybridized carbons (Fsp3) is 0.480. The first-order chi connectivity index (χ1) is 16.2. The van der Waals surface area contributed by atoms with Crippen LogP contribution in [0.4, 0.5) is 5.69 Å². The molecule has 0 aliphatic carbocycles. The molecule has 0 saturated carbocycles. The summed E-state index contributed by atoms with van der Waals surface area (Å²) >= 11 is 6.04. The molecule has 7 nitrogen and oxygen atoms in total. The van der Waals surface area contributed by atoms with Crippen molar-refractivity contribution >= 4 is 33.2 Å². The van der Waals surface area contributed by atoms with Gasteiger partial charge in [0.25, 0.3) is 0 Å². The van der Waals surface area contributed by atoms with Gasteiger partial charge in [-0.3, -0.25) is 4.79 Å². The number of carbonyl (C=O) groups is 1. The lowest BCUT2D eigenvalue weighted by atomic mass is 9.96. The normalized spacial score (nSPS) is 18.2. The fourth-order valence-corrected chi connectivity index (χ4v) is 6.73. The van der Waals surface area contributed by atoms with Crippen LogP contribution in [0.15, 0.2) is 41.3 Å². The fourth-order valence-electron chi connectivity index (χ4n) is 4.84.